The largest absolute Gasteiger partial charge is 0.508 e. The van der Waals surface area contributed by atoms with Crippen LogP contribution in [0.5, 0.6) is 5.75 Å². The molecule has 0 spiro atoms. The number of nitrogens with zero attached hydrogens (tertiary/aromatic N) is 3. The Morgan fingerprint density at radius 2 is 1.69 bits per heavy atom. The number of carbonyl (C=O) groups is 1. The summed E-state index contributed by atoms with van der Waals surface area (Å²) in [5, 5.41) is 17.2. The van der Waals surface area contributed by atoms with Crippen LogP contribution in [0.2, 0.25) is 0 Å². The Balaban J connectivity index is 1.65. The molecule has 6 nitrogen and oxygen atoms in total. The molecule has 0 aliphatic carbocycles. The van der Waals surface area contributed by atoms with Crippen LogP contribution in [0.4, 0.5) is 0 Å². The number of aromatic hydroxyl groups is 1. The van der Waals surface area contributed by atoms with Gasteiger partial charge in [-0.2, -0.15) is 5.10 Å². The van der Waals surface area contributed by atoms with E-state index in [0.29, 0.717) is 12.2 Å². The summed E-state index contributed by atoms with van der Waals surface area (Å²) in [6.45, 7) is 0.448. The Hall–Kier alpha value is -3.93. The first-order valence-electron chi connectivity index (χ1n) is 9.35. The average molecular weight is 382 g/mol. The molecule has 0 fully saturated rings. The molecule has 3 heterocycles. The molecule has 29 heavy (non-hydrogen) atoms. The maximum absolute atomic E-state index is 13.3. The Morgan fingerprint density at radius 3 is 2.41 bits per heavy atom. The Bertz CT molecular complexity index is 1150. The topological polar surface area (TPSA) is 82.1 Å². The van der Waals surface area contributed by atoms with Gasteiger partial charge in [0.2, 0.25) is 0 Å². The predicted molar refractivity (Wildman–Crippen MR) is 108 cm³/mol. The van der Waals surface area contributed by atoms with Crippen LogP contribution in [0.3, 0.4) is 0 Å². The van der Waals surface area contributed by atoms with Gasteiger partial charge in [-0.05, 0) is 35.4 Å². The molecule has 0 radical (unpaired) electrons. The van der Waals surface area contributed by atoms with Gasteiger partial charge in [0, 0.05) is 30.1 Å². The summed E-state index contributed by atoms with van der Waals surface area (Å²) in [6.07, 6.45) is 3.45. The van der Waals surface area contributed by atoms with Crippen molar-refractivity contribution in [3.63, 3.8) is 0 Å². The van der Waals surface area contributed by atoms with E-state index in [2.05, 4.69) is 15.2 Å². The van der Waals surface area contributed by atoms with Crippen molar-refractivity contribution in [3.8, 4) is 17.0 Å². The van der Waals surface area contributed by atoms with Crippen molar-refractivity contribution in [1.29, 1.82) is 0 Å². The lowest BCUT2D eigenvalue weighted by Crippen LogP contribution is -2.29. The number of pyridine rings is 1. The van der Waals surface area contributed by atoms with Gasteiger partial charge in [-0.1, -0.05) is 42.5 Å². The van der Waals surface area contributed by atoms with Crippen LogP contribution in [0.15, 0.2) is 79.1 Å². The molecule has 1 amide bonds. The monoisotopic (exact) mass is 382 g/mol. The van der Waals surface area contributed by atoms with Crippen molar-refractivity contribution in [2.24, 2.45) is 0 Å². The highest BCUT2D eigenvalue weighted by Gasteiger charge is 2.42. The number of amides is 1. The molecule has 1 aliphatic rings. The van der Waals surface area contributed by atoms with Crippen molar-refractivity contribution in [3.05, 3.63) is 102 Å². The molecule has 4 aromatic rings. The standard InChI is InChI=1S/C23H18N4O2/c28-18-8-6-17(7-9-18)22-19-20(16-4-2-1-3-5-16)25-26-21(19)23(29)27(22)14-15-10-12-24-13-11-15/h1-13,22,28H,14H2,(H,25,26). The Morgan fingerprint density at radius 1 is 0.966 bits per heavy atom. The summed E-state index contributed by atoms with van der Waals surface area (Å²) in [7, 11) is 0. The number of phenolic OH excluding ortho intramolecular Hbond substituents is 1. The van der Waals surface area contributed by atoms with Crippen LogP contribution in [0, 0.1) is 0 Å². The second kappa shape index (κ2) is 6.91. The predicted octanol–water partition coefficient (Wildman–Crippen LogP) is 3.92. The molecule has 0 bridgehead atoms. The fourth-order valence-corrected chi connectivity index (χ4v) is 3.86. The van der Waals surface area contributed by atoms with E-state index in [-0.39, 0.29) is 17.7 Å². The lowest BCUT2D eigenvalue weighted by molar-refractivity contribution is 0.0730. The van der Waals surface area contributed by atoms with Crippen LogP contribution in [0.1, 0.15) is 33.2 Å². The zero-order valence-corrected chi connectivity index (χ0v) is 15.5. The molecule has 0 saturated carbocycles. The number of carbonyl (C=O) groups excluding carboxylic acids is 1. The number of phenols is 1. The third-order valence-electron chi connectivity index (χ3n) is 5.22. The second-order valence-corrected chi connectivity index (χ2v) is 7.01. The smallest absolute Gasteiger partial charge is 0.273 e. The van der Waals surface area contributed by atoms with E-state index in [1.54, 1.807) is 24.5 Å². The minimum absolute atomic E-state index is 0.0930. The number of hydrogen-bond donors (Lipinski definition) is 2. The summed E-state index contributed by atoms with van der Waals surface area (Å²) in [6, 6.07) is 20.3. The fraction of sp³-hybridized carbons (Fsp3) is 0.0870. The summed E-state index contributed by atoms with van der Waals surface area (Å²) in [4.78, 5) is 19.2. The molecule has 1 atom stereocenters. The summed E-state index contributed by atoms with van der Waals surface area (Å²) >= 11 is 0. The zero-order chi connectivity index (χ0) is 19.8. The van der Waals surface area contributed by atoms with E-state index in [9.17, 15) is 9.90 Å². The average Bonchev–Trinajstić information content (AvgIpc) is 3.30. The first-order valence-corrected chi connectivity index (χ1v) is 9.35. The number of rotatable bonds is 4. The molecule has 6 heteroatoms. The number of nitrogens with one attached hydrogen (secondary N) is 1. The van der Waals surface area contributed by atoms with Crippen molar-refractivity contribution >= 4 is 5.91 Å². The minimum Gasteiger partial charge on any atom is -0.508 e. The van der Waals surface area contributed by atoms with Gasteiger partial charge < -0.3 is 10.0 Å². The number of fused-ring (bicyclic) bond motifs is 1. The van der Waals surface area contributed by atoms with Gasteiger partial charge in [0.05, 0.1) is 11.7 Å². The van der Waals surface area contributed by atoms with Crippen LogP contribution in [0.25, 0.3) is 11.3 Å². The molecule has 5 rings (SSSR count). The van der Waals surface area contributed by atoms with Crippen molar-refractivity contribution in [2.75, 3.05) is 0 Å². The molecule has 1 unspecified atom stereocenters. The summed E-state index contributed by atoms with van der Waals surface area (Å²) in [5.41, 5.74) is 5.01. The zero-order valence-electron chi connectivity index (χ0n) is 15.5. The molecule has 142 valence electrons. The molecule has 2 aromatic heterocycles. The first-order chi connectivity index (χ1) is 14.2. The molecule has 2 N–H and O–H groups in total. The van der Waals surface area contributed by atoms with Crippen LogP contribution in [-0.4, -0.2) is 31.1 Å². The van der Waals surface area contributed by atoms with Crippen molar-refractivity contribution < 1.29 is 9.90 Å². The van der Waals surface area contributed by atoms with E-state index in [1.165, 1.54) is 0 Å². The van der Waals surface area contributed by atoms with Gasteiger partial charge in [-0.15, -0.1) is 0 Å². The van der Waals surface area contributed by atoms with Gasteiger partial charge >= 0.3 is 0 Å². The Kier molecular flexibility index (Phi) is 4.09. The normalized spacial score (nSPS) is 15.5. The van der Waals surface area contributed by atoms with E-state index in [0.717, 1.165) is 27.9 Å². The van der Waals surface area contributed by atoms with Crippen LogP contribution < -0.4 is 0 Å². The van der Waals surface area contributed by atoms with Crippen molar-refractivity contribution in [1.82, 2.24) is 20.1 Å². The van der Waals surface area contributed by atoms with Crippen LogP contribution in [-0.2, 0) is 6.54 Å². The lowest BCUT2D eigenvalue weighted by Gasteiger charge is -2.26. The number of hydrogen-bond acceptors (Lipinski definition) is 4. The van der Waals surface area contributed by atoms with Gasteiger partial charge in [0.1, 0.15) is 11.4 Å². The fourth-order valence-electron chi connectivity index (χ4n) is 3.86. The van der Waals surface area contributed by atoms with E-state index in [1.807, 2.05) is 59.5 Å². The third kappa shape index (κ3) is 2.95. The highest BCUT2D eigenvalue weighted by atomic mass is 16.3. The molecule has 1 aliphatic heterocycles. The summed E-state index contributed by atoms with van der Waals surface area (Å²) in [5.74, 6) is 0.0963. The van der Waals surface area contributed by atoms with Gasteiger partial charge in [0.25, 0.3) is 5.91 Å². The third-order valence-corrected chi connectivity index (χ3v) is 5.22. The van der Waals surface area contributed by atoms with Crippen LogP contribution >= 0.6 is 0 Å². The molecule has 2 aromatic carbocycles. The molecular weight excluding hydrogens is 364 g/mol. The first kappa shape index (κ1) is 17.2. The SMILES string of the molecule is O=C1c2[nH]nc(-c3ccccc3)c2C(c2ccc(O)cc2)N1Cc1ccncc1. The minimum atomic E-state index is -0.305. The number of aromatic nitrogens is 3. The summed E-state index contributed by atoms with van der Waals surface area (Å²) < 4.78 is 0. The van der Waals surface area contributed by atoms with E-state index >= 15 is 0 Å². The van der Waals surface area contributed by atoms with E-state index in [4.69, 9.17) is 0 Å². The number of H-pyrrole nitrogens is 1. The maximum atomic E-state index is 13.3. The molecule has 0 saturated heterocycles. The van der Waals surface area contributed by atoms with Gasteiger partial charge in [0.15, 0.2) is 0 Å². The molecular formula is C23H18N4O2. The number of aromatic amines is 1. The Labute approximate surface area is 167 Å². The van der Waals surface area contributed by atoms with E-state index < -0.39 is 0 Å². The maximum Gasteiger partial charge on any atom is 0.273 e. The number of benzene rings is 2. The van der Waals surface area contributed by atoms with Gasteiger partial charge in [-0.3, -0.25) is 14.9 Å². The highest BCUT2D eigenvalue weighted by molar-refractivity contribution is 6.00. The van der Waals surface area contributed by atoms with Gasteiger partial charge in [-0.25, -0.2) is 0 Å². The lowest BCUT2D eigenvalue weighted by atomic mass is 9.96. The highest BCUT2D eigenvalue weighted by Crippen LogP contribution is 2.43. The second-order valence-electron chi connectivity index (χ2n) is 7.01. The van der Waals surface area contributed by atoms with Crippen molar-refractivity contribution in [2.45, 2.75) is 12.6 Å². The quantitative estimate of drug-likeness (QED) is 0.560.